The Kier molecular flexibility index (Phi) is 10.7. The zero-order chi connectivity index (χ0) is 18.7. The first-order chi connectivity index (χ1) is 12.0. The lowest BCUT2D eigenvalue weighted by Crippen LogP contribution is -2.19. The van der Waals surface area contributed by atoms with Crippen molar-refractivity contribution in [3.05, 3.63) is 12.2 Å². The van der Waals surface area contributed by atoms with Crippen LogP contribution in [-0.2, 0) is 9.59 Å². The molecule has 0 radical (unpaired) electrons. The van der Waals surface area contributed by atoms with Crippen LogP contribution in [0.1, 0.15) is 77.6 Å². The number of aliphatic hydroxyl groups is 2. The summed E-state index contributed by atoms with van der Waals surface area (Å²) >= 11 is 0. The Morgan fingerprint density at radius 1 is 1.20 bits per heavy atom. The molecule has 1 aliphatic rings. The molecule has 144 valence electrons. The number of carboxylic acids is 1. The average molecular weight is 354 g/mol. The van der Waals surface area contributed by atoms with Crippen molar-refractivity contribution in [2.75, 3.05) is 0 Å². The van der Waals surface area contributed by atoms with E-state index in [0.717, 1.165) is 51.4 Å². The summed E-state index contributed by atoms with van der Waals surface area (Å²) in [6.07, 6.45) is 10.7. The van der Waals surface area contributed by atoms with E-state index >= 15 is 0 Å². The quantitative estimate of drug-likeness (QED) is 0.348. The Morgan fingerprint density at radius 3 is 2.60 bits per heavy atom. The van der Waals surface area contributed by atoms with Gasteiger partial charge in [0.05, 0.1) is 12.2 Å². The molecule has 0 aromatic heterocycles. The second-order valence-corrected chi connectivity index (χ2v) is 7.22. The molecule has 5 nitrogen and oxygen atoms in total. The molecule has 1 aliphatic carbocycles. The fourth-order valence-electron chi connectivity index (χ4n) is 3.54. The Hall–Kier alpha value is -1.20. The number of unbranched alkanes of at least 4 members (excludes halogenated alkanes) is 5. The third-order valence-electron chi connectivity index (χ3n) is 5.05. The molecular formula is C20H34O5. The van der Waals surface area contributed by atoms with Gasteiger partial charge in [0.2, 0.25) is 0 Å². The van der Waals surface area contributed by atoms with E-state index in [0.29, 0.717) is 6.42 Å². The zero-order valence-corrected chi connectivity index (χ0v) is 15.4. The molecule has 0 aromatic rings. The van der Waals surface area contributed by atoms with Crippen molar-refractivity contribution in [1.29, 1.82) is 0 Å². The van der Waals surface area contributed by atoms with Crippen molar-refractivity contribution < 1.29 is 24.9 Å². The number of ketones is 1. The number of carboxylic acid groups (broad SMARTS) is 1. The van der Waals surface area contributed by atoms with Crippen LogP contribution in [0.25, 0.3) is 0 Å². The smallest absolute Gasteiger partial charge is 0.303 e. The minimum absolute atomic E-state index is 0.105. The van der Waals surface area contributed by atoms with Crippen LogP contribution >= 0.6 is 0 Å². The third-order valence-corrected chi connectivity index (χ3v) is 5.05. The standard InChI is InChI=1S/C20H34O5/c1-2-3-6-9-15(21)12-13-17-16(18(22)14-19(17)23)10-7-4-5-8-11-20(24)25/h12-13,15-17,19,21,23H,2-11,14H2,1H3,(H,24,25)/b13-12+/t15-,16-,17+,19-/m0/s1. The first-order valence-electron chi connectivity index (χ1n) is 9.74. The minimum Gasteiger partial charge on any atom is -0.481 e. The summed E-state index contributed by atoms with van der Waals surface area (Å²) in [6.45, 7) is 2.12. The lowest BCUT2D eigenvalue weighted by molar-refractivity contribution is -0.137. The molecule has 0 saturated heterocycles. The predicted molar refractivity (Wildman–Crippen MR) is 97.2 cm³/mol. The highest BCUT2D eigenvalue weighted by atomic mass is 16.4. The number of carbonyl (C=O) groups excluding carboxylic acids is 1. The van der Waals surface area contributed by atoms with E-state index in [1.54, 1.807) is 6.08 Å². The Morgan fingerprint density at radius 2 is 1.92 bits per heavy atom. The van der Waals surface area contributed by atoms with Gasteiger partial charge in [-0.1, -0.05) is 57.6 Å². The SMILES string of the molecule is CCCCC[C@H](O)/C=C/[C@@H]1[C@H](CCCCCCC(=O)O)C(=O)C[C@@H]1O. The first kappa shape index (κ1) is 21.8. The molecule has 1 rings (SSSR count). The van der Waals surface area contributed by atoms with Crippen LogP contribution in [-0.4, -0.2) is 39.3 Å². The topological polar surface area (TPSA) is 94.8 Å². The van der Waals surface area contributed by atoms with Gasteiger partial charge in [-0.05, 0) is 19.3 Å². The number of hydrogen-bond acceptors (Lipinski definition) is 4. The maximum Gasteiger partial charge on any atom is 0.303 e. The van der Waals surface area contributed by atoms with Crippen LogP contribution in [0.2, 0.25) is 0 Å². The summed E-state index contributed by atoms with van der Waals surface area (Å²) in [4.78, 5) is 22.6. The van der Waals surface area contributed by atoms with Crippen molar-refractivity contribution >= 4 is 11.8 Å². The third kappa shape index (κ3) is 8.63. The molecule has 0 bridgehead atoms. The minimum atomic E-state index is -0.767. The molecule has 25 heavy (non-hydrogen) atoms. The number of aliphatic hydroxyl groups excluding tert-OH is 2. The molecule has 4 atom stereocenters. The second kappa shape index (κ2) is 12.2. The van der Waals surface area contributed by atoms with Crippen molar-refractivity contribution in [2.24, 2.45) is 11.8 Å². The second-order valence-electron chi connectivity index (χ2n) is 7.22. The van der Waals surface area contributed by atoms with Gasteiger partial charge in [0.25, 0.3) is 0 Å². The van der Waals surface area contributed by atoms with Crippen LogP contribution in [0.4, 0.5) is 0 Å². The van der Waals surface area contributed by atoms with E-state index < -0.39 is 18.2 Å². The van der Waals surface area contributed by atoms with Gasteiger partial charge in [-0.3, -0.25) is 9.59 Å². The first-order valence-corrected chi connectivity index (χ1v) is 9.74. The lowest BCUT2D eigenvalue weighted by Gasteiger charge is -2.18. The molecule has 1 fully saturated rings. The molecule has 0 aromatic carbocycles. The molecule has 5 heteroatoms. The van der Waals surface area contributed by atoms with Gasteiger partial charge in [0.1, 0.15) is 5.78 Å². The van der Waals surface area contributed by atoms with Crippen LogP contribution < -0.4 is 0 Å². The van der Waals surface area contributed by atoms with E-state index in [-0.39, 0.29) is 30.5 Å². The van der Waals surface area contributed by atoms with Crippen LogP contribution in [0.3, 0.4) is 0 Å². The van der Waals surface area contributed by atoms with Gasteiger partial charge < -0.3 is 15.3 Å². The highest BCUT2D eigenvalue weighted by molar-refractivity contribution is 5.84. The molecule has 3 N–H and O–H groups in total. The molecule has 0 aliphatic heterocycles. The van der Waals surface area contributed by atoms with Crippen molar-refractivity contribution in [3.8, 4) is 0 Å². The summed E-state index contributed by atoms with van der Waals surface area (Å²) in [5.41, 5.74) is 0. The number of rotatable bonds is 13. The predicted octanol–water partition coefficient (Wildman–Crippen LogP) is 3.48. The summed E-state index contributed by atoms with van der Waals surface area (Å²) in [5.74, 6) is -1.04. The van der Waals surface area contributed by atoms with E-state index in [2.05, 4.69) is 6.92 Å². The van der Waals surface area contributed by atoms with Crippen LogP contribution in [0.15, 0.2) is 12.2 Å². The summed E-state index contributed by atoms with van der Waals surface area (Å²) in [6, 6.07) is 0. The largest absolute Gasteiger partial charge is 0.481 e. The van der Waals surface area contributed by atoms with Gasteiger partial charge in [-0.2, -0.15) is 0 Å². The highest BCUT2D eigenvalue weighted by Crippen LogP contribution is 2.34. The average Bonchev–Trinajstić information content (AvgIpc) is 2.82. The number of aliphatic carboxylic acids is 1. The fourth-order valence-corrected chi connectivity index (χ4v) is 3.54. The summed E-state index contributed by atoms with van der Waals surface area (Å²) in [7, 11) is 0. The van der Waals surface area contributed by atoms with Crippen molar-refractivity contribution in [1.82, 2.24) is 0 Å². The summed E-state index contributed by atoms with van der Waals surface area (Å²) < 4.78 is 0. The normalized spacial score (nSPS) is 24.9. The molecule has 1 saturated carbocycles. The Bertz CT molecular complexity index is 432. The monoisotopic (exact) mass is 354 g/mol. The molecule has 0 unspecified atom stereocenters. The lowest BCUT2D eigenvalue weighted by atomic mass is 9.88. The highest BCUT2D eigenvalue weighted by Gasteiger charge is 2.39. The Balaban J connectivity index is 2.39. The van der Waals surface area contributed by atoms with Crippen molar-refractivity contribution in [3.63, 3.8) is 0 Å². The number of hydrogen-bond donors (Lipinski definition) is 3. The van der Waals surface area contributed by atoms with E-state index in [9.17, 15) is 19.8 Å². The van der Waals surface area contributed by atoms with Crippen LogP contribution in [0.5, 0.6) is 0 Å². The van der Waals surface area contributed by atoms with Crippen LogP contribution in [0, 0.1) is 11.8 Å². The van der Waals surface area contributed by atoms with E-state index in [4.69, 9.17) is 5.11 Å². The van der Waals surface area contributed by atoms with Gasteiger partial charge in [0.15, 0.2) is 0 Å². The molecule has 0 spiro atoms. The fraction of sp³-hybridized carbons (Fsp3) is 0.800. The van der Waals surface area contributed by atoms with Gasteiger partial charge in [-0.15, -0.1) is 0 Å². The van der Waals surface area contributed by atoms with E-state index in [1.807, 2.05) is 6.08 Å². The van der Waals surface area contributed by atoms with Gasteiger partial charge in [-0.25, -0.2) is 0 Å². The summed E-state index contributed by atoms with van der Waals surface area (Å²) in [5, 5.41) is 28.7. The molecular weight excluding hydrogens is 320 g/mol. The van der Waals surface area contributed by atoms with E-state index in [1.165, 1.54) is 0 Å². The molecule has 0 heterocycles. The molecule has 0 amide bonds. The van der Waals surface area contributed by atoms with Gasteiger partial charge in [0, 0.05) is 24.7 Å². The number of Topliss-reactive ketones (excluding diaryl/α,β-unsaturated/α-hetero) is 1. The Labute approximate surface area is 151 Å². The maximum atomic E-state index is 12.1. The van der Waals surface area contributed by atoms with Gasteiger partial charge >= 0.3 is 5.97 Å². The number of carbonyl (C=O) groups is 2. The zero-order valence-electron chi connectivity index (χ0n) is 15.4. The maximum absolute atomic E-state index is 12.1. The van der Waals surface area contributed by atoms with Crippen molar-refractivity contribution in [2.45, 2.75) is 89.8 Å².